The molecule has 1 saturated heterocycles. The molecule has 0 aromatic rings. The maximum absolute atomic E-state index is 3.63. The molecule has 0 amide bonds. The van der Waals surface area contributed by atoms with Crippen LogP contribution in [0.2, 0.25) is 0 Å². The summed E-state index contributed by atoms with van der Waals surface area (Å²) in [6.07, 6.45) is 1.26. The minimum atomic E-state index is 0.294. The molecule has 15 heavy (non-hydrogen) atoms. The maximum atomic E-state index is 3.63. The Morgan fingerprint density at radius 3 is 2.73 bits per heavy atom. The number of nitrogens with zero attached hydrogens (tertiary/aromatic N) is 1. The minimum Gasteiger partial charge on any atom is -0.309 e. The van der Waals surface area contributed by atoms with Crippen molar-refractivity contribution in [2.24, 2.45) is 0 Å². The zero-order chi connectivity index (χ0) is 11.3. The van der Waals surface area contributed by atoms with Crippen LogP contribution in [0.4, 0.5) is 0 Å². The van der Waals surface area contributed by atoms with E-state index in [1.807, 2.05) is 0 Å². The predicted octanol–water partition coefficient (Wildman–Crippen LogP) is 2.20. The van der Waals surface area contributed by atoms with Gasteiger partial charge in [-0.25, -0.2) is 0 Å². The third kappa shape index (κ3) is 4.33. The van der Waals surface area contributed by atoms with Crippen LogP contribution < -0.4 is 5.32 Å². The van der Waals surface area contributed by atoms with Gasteiger partial charge in [0.1, 0.15) is 0 Å². The third-order valence-electron chi connectivity index (χ3n) is 3.13. The summed E-state index contributed by atoms with van der Waals surface area (Å²) in [6.45, 7) is 12.7. The van der Waals surface area contributed by atoms with Gasteiger partial charge in [0.25, 0.3) is 0 Å². The van der Waals surface area contributed by atoms with Gasteiger partial charge in [-0.15, -0.1) is 0 Å². The van der Waals surface area contributed by atoms with Gasteiger partial charge in [0.2, 0.25) is 0 Å². The molecule has 3 heteroatoms. The maximum Gasteiger partial charge on any atom is 0.0252 e. The molecule has 1 N–H and O–H groups in total. The first-order chi connectivity index (χ1) is 7.09. The van der Waals surface area contributed by atoms with Crippen LogP contribution in [0, 0.1) is 0 Å². The Bertz CT molecular complexity index is 182. The van der Waals surface area contributed by atoms with Crippen LogP contribution in [0.3, 0.4) is 0 Å². The van der Waals surface area contributed by atoms with Crippen molar-refractivity contribution in [3.8, 4) is 0 Å². The Morgan fingerprint density at radius 1 is 1.40 bits per heavy atom. The SMILES string of the molecule is CCSCCN1CC(C)(C)NCC1CC. The lowest BCUT2D eigenvalue weighted by atomic mass is 9.98. The van der Waals surface area contributed by atoms with E-state index < -0.39 is 0 Å². The summed E-state index contributed by atoms with van der Waals surface area (Å²) >= 11 is 2.05. The van der Waals surface area contributed by atoms with Crippen LogP contribution in [0.1, 0.15) is 34.1 Å². The molecule has 1 rings (SSSR count). The first kappa shape index (κ1) is 13.3. The summed E-state index contributed by atoms with van der Waals surface area (Å²) in [7, 11) is 0. The third-order valence-corrected chi connectivity index (χ3v) is 4.01. The van der Waals surface area contributed by atoms with Crippen LogP contribution >= 0.6 is 11.8 Å². The quantitative estimate of drug-likeness (QED) is 0.729. The van der Waals surface area contributed by atoms with Crippen molar-refractivity contribution < 1.29 is 0 Å². The van der Waals surface area contributed by atoms with E-state index in [0.717, 1.165) is 12.6 Å². The minimum absolute atomic E-state index is 0.294. The topological polar surface area (TPSA) is 15.3 Å². The van der Waals surface area contributed by atoms with Crippen molar-refractivity contribution in [3.05, 3.63) is 0 Å². The van der Waals surface area contributed by atoms with E-state index in [-0.39, 0.29) is 0 Å². The second-order valence-corrected chi connectivity index (χ2v) is 6.39. The fourth-order valence-electron chi connectivity index (χ4n) is 2.21. The van der Waals surface area contributed by atoms with Gasteiger partial charge < -0.3 is 5.32 Å². The van der Waals surface area contributed by atoms with Crippen LogP contribution in [-0.2, 0) is 0 Å². The van der Waals surface area contributed by atoms with Crippen LogP contribution in [0.15, 0.2) is 0 Å². The zero-order valence-corrected chi connectivity index (χ0v) is 11.5. The lowest BCUT2D eigenvalue weighted by Crippen LogP contribution is -2.61. The fraction of sp³-hybridized carbons (Fsp3) is 1.00. The van der Waals surface area contributed by atoms with E-state index in [0.29, 0.717) is 5.54 Å². The molecule has 0 aliphatic carbocycles. The van der Waals surface area contributed by atoms with E-state index in [1.165, 1.54) is 31.0 Å². The number of hydrogen-bond donors (Lipinski definition) is 1. The van der Waals surface area contributed by atoms with E-state index in [4.69, 9.17) is 0 Å². The number of thioether (sulfide) groups is 1. The van der Waals surface area contributed by atoms with Crippen molar-refractivity contribution in [2.45, 2.75) is 45.7 Å². The molecule has 1 aliphatic heterocycles. The summed E-state index contributed by atoms with van der Waals surface area (Å²) in [5, 5.41) is 3.63. The molecule has 0 aromatic carbocycles. The number of piperazine rings is 1. The molecular weight excluding hydrogens is 204 g/mol. The summed E-state index contributed by atoms with van der Waals surface area (Å²) in [5.41, 5.74) is 0.294. The van der Waals surface area contributed by atoms with E-state index >= 15 is 0 Å². The molecule has 1 unspecified atom stereocenters. The van der Waals surface area contributed by atoms with E-state index in [9.17, 15) is 0 Å². The van der Waals surface area contributed by atoms with Crippen molar-refractivity contribution >= 4 is 11.8 Å². The Balaban J connectivity index is 2.41. The molecule has 0 bridgehead atoms. The first-order valence-corrected chi connectivity index (χ1v) is 7.31. The van der Waals surface area contributed by atoms with Crippen LogP contribution in [0.25, 0.3) is 0 Å². The summed E-state index contributed by atoms with van der Waals surface area (Å²) in [6, 6.07) is 0.746. The Morgan fingerprint density at radius 2 is 2.13 bits per heavy atom. The Kier molecular flexibility index (Phi) is 5.44. The first-order valence-electron chi connectivity index (χ1n) is 6.16. The molecule has 90 valence electrons. The smallest absolute Gasteiger partial charge is 0.0252 e. The summed E-state index contributed by atoms with van der Waals surface area (Å²) < 4.78 is 0. The Labute approximate surface area is 99.2 Å². The number of hydrogen-bond acceptors (Lipinski definition) is 3. The Hall–Kier alpha value is 0.270. The highest BCUT2D eigenvalue weighted by Crippen LogP contribution is 2.17. The van der Waals surface area contributed by atoms with Gasteiger partial charge in [0.05, 0.1) is 0 Å². The summed E-state index contributed by atoms with van der Waals surface area (Å²) in [4.78, 5) is 2.67. The monoisotopic (exact) mass is 230 g/mol. The number of rotatable bonds is 5. The fourth-order valence-corrected chi connectivity index (χ4v) is 2.86. The lowest BCUT2D eigenvalue weighted by Gasteiger charge is -2.44. The van der Waals surface area contributed by atoms with Gasteiger partial charge in [-0.2, -0.15) is 11.8 Å². The molecule has 0 saturated carbocycles. The van der Waals surface area contributed by atoms with E-state index in [2.05, 4.69) is 49.7 Å². The predicted molar refractivity (Wildman–Crippen MR) is 70.7 cm³/mol. The van der Waals surface area contributed by atoms with Crippen molar-refractivity contribution in [1.82, 2.24) is 10.2 Å². The molecule has 0 aromatic heterocycles. The highest BCUT2D eigenvalue weighted by Gasteiger charge is 2.30. The van der Waals surface area contributed by atoms with Gasteiger partial charge in [-0.05, 0) is 26.0 Å². The van der Waals surface area contributed by atoms with Gasteiger partial charge in [-0.1, -0.05) is 13.8 Å². The highest BCUT2D eigenvalue weighted by atomic mass is 32.2. The molecule has 1 heterocycles. The van der Waals surface area contributed by atoms with Crippen molar-refractivity contribution in [1.29, 1.82) is 0 Å². The van der Waals surface area contributed by atoms with Crippen LogP contribution in [-0.4, -0.2) is 47.6 Å². The van der Waals surface area contributed by atoms with Gasteiger partial charge in [0.15, 0.2) is 0 Å². The average Bonchev–Trinajstić information content (AvgIpc) is 2.17. The van der Waals surface area contributed by atoms with Gasteiger partial charge in [-0.3, -0.25) is 4.90 Å². The van der Waals surface area contributed by atoms with E-state index in [1.54, 1.807) is 0 Å². The molecule has 1 aliphatic rings. The molecular formula is C12H26N2S. The average molecular weight is 230 g/mol. The van der Waals surface area contributed by atoms with Crippen molar-refractivity contribution in [3.63, 3.8) is 0 Å². The van der Waals surface area contributed by atoms with Gasteiger partial charge in [0, 0.05) is 37.0 Å². The summed E-state index contributed by atoms with van der Waals surface area (Å²) in [5.74, 6) is 2.52. The second kappa shape index (κ2) is 6.12. The molecule has 0 radical (unpaired) electrons. The number of nitrogens with one attached hydrogen (secondary N) is 1. The second-order valence-electron chi connectivity index (χ2n) is 4.99. The van der Waals surface area contributed by atoms with Crippen molar-refractivity contribution in [2.75, 3.05) is 31.1 Å². The zero-order valence-electron chi connectivity index (χ0n) is 10.7. The molecule has 2 nitrogen and oxygen atoms in total. The standard InChI is InChI=1S/C12H26N2S/c1-5-11-9-13-12(3,4)10-14(11)7-8-15-6-2/h11,13H,5-10H2,1-4H3. The van der Waals surface area contributed by atoms with Crippen LogP contribution in [0.5, 0.6) is 0 Å². The molecule has 1 atom stereocenters. The molecule has 0 spiro atoms. The molecule has 1 fully saturated rings. The van der Waals surface area contributed by atoms with Gasteiger partial charge >= 0.3 is 0 Å². The normalized spacial score (nSPS) is 26.8. The lowest BCUT2D eigenvalue weighted by molar-refractivity contribution is 0.0996. The largest absolute Gasteiger partial charge is 0.309 e. The highest BCUT2D eigenvalue weighted by molar-refractivity contribution is 7.99.